The van der Waals surface area contributed by atoms with Gasteiger partial charge in [0.2, 0.25) is 0 Å². The lowest BCUT2D eigenvalue weighted by atomic mass is 10.1. The second-order valence-electron chi connectivity index (χ2n) is 3.40. The Morgan fingerprint density at radius 3 is 2.62 bits per heavy atom. The molecule has 2 rings (SSSR count). The van der Waals surface area contributed by atoms with E-state index >= 15 is 0 Å². The van der Waals surface area contributed by atoms with Gasteiger partial charge in [-0.15, -0.1) is 0 Å². The first-order chi connectivity index (χ1) is 7.85. The molecule has 16 heavy (non-hydrogen) atoms. The molecule has 2 aromatic rings. The van der Waals surface area contributed by atoms with Crippen LogP contribution in [0.15, 0.2) is 36.4 Å². The highest BCUT2D eigenvalue weighted by molar-refractivity contribution is 5.89. The van der Waals surface area contributed by atoms with E-state index in [4.69, 9.17) is 14.2 Å². The van der Waals surface area contributed by atoms with Gasteiger partial charge >= 0.3 is 0 Å². The van der Waals surface area contributed by atoms with Crippen molar-refractivity contribution in [2.45, 2.75) is 0 Å². The van der Waals surface area contributed by atoms with Gasteiger partial charge in [0.05, 0.1) is 7.11 Å². The maximum absolute atomic E-state index is 5.51. The number of methoxy groups -OCH3 is 2. The fraction of sp³-hybridized carbons (Fsp3) is 0.231. The Morgan fingerprint density at radius 2 is 1.88 bits per heavy atom. The summed E-state index contributed by atoms with van der Waals surface area (Å²) in [5.41, 5.74) is 0. The van der Waals surface area contributed by atoms with Gasteiger partial charge in [-0.3, -0.25) is 0 Å². The monoisotopic (exact) mass is 218 g/mol. The standard InChI is InChI=1S/C13H14O3/c1-14-9-16-13-8-11(15-2)7-10-5-3-4-6-12(10)13/h3-8H,9H2,1-2H3. The van der Waals surface area contributed by atoms with Gasteiger partial charge in [0.1, 0.15) is 11.5 Å². The Kier molecular flexibility index (Phi) is 3.27. The van der Waals surface area contributed by atoms with Crippen LogP contribution < -0.4 is 9.47 Å². The van der Waals surface area contributed by atoms with Crippen molar-refractivity contribution < 1.29 is 14.2 Å². The van der Waals surface area contributed by atoms with Crippen molar-refractivity contribution in [1.82, 2.24) is 0 Å². The van der Waals surface area contributed by atoms with Gasteiger partial charge in [0, 0.05) is 18.6 Å². The molecule has 0 spiro atoms. The largest absolute Gasteiger partial charge is 0.497 e. The Hall–Kier alpha value is -1.74. The first-order valence-electron chi connectivity index (χ1n) is 5.03. The molecule has 3 heteroatoms. The quantitative estimate of drug-likeness (QED) is 0.738. The van der Waals surface area contributed by atoms with E-state index < -0.39 is 0 Å². The lowest BCUT2D eigenvalue weighted by Crippen LogP contribution is -1.99. The zero-order chi connectivity index (χ0) is 11.4. The maximum Gasteiger partial charge on any atom is 0.188 e. The molecule has 0 bridgehead atoms. The molecular weight excluding hydrogens is 204 g/mol. The Bertz CT molecular complexity index is 480. The molecule has 0 aliphatic carbocycles. The van der Waals surface area contributed by atoms with E-state index in [1.54, 1.807) is 14.2 Å². The summed E-state index contributed by atoms with van der Waals surface area (Å²) in [6.07, 6.45) is 0. The van der Waals surface area contributed by atoms with Crippen LogP contribution >= 0.6 is 0 Å². The molecule has 3 nitrogen and oxygen atoms in total. The van der Waals surface area contributed by atoms with Crippen LogP contribution in [0.4, 0.5) is 0 Å². The molecular formula is C13H14O3. The van der Waals surface area contributed by atoms with Crippen molar-refractivity contribution in [2.24, 2.45) is 0 Å². The third kappa shape index (κ3) is 2.09. The summed E-state index contributed by atoms with van der Waals surface area (Å²) in [6, 6.07) is 11.9. The normalized spacial score (nSPS) is 10.4. The van der Waals surface area contributed by atoms with Gasteiger partial charge in [0.15, 0.2) is 6.79 Å². The molecule has 84 valence electrons. The van der Waals surface area contributed by atoms with E-state index in [0.29, 0.717) is 0 Å². The lowest BCUT2D eigenvalue weighted by molar-refractivity contribution is 0.0521. The first kappa shape index (κ1) is 10.8. The molecule has 0 radical (unpaired) electrons. The summed E-state index contributed by atoms with van der Waals surface area (Å²) in [7, 11) is 3.24. The van der Waals surface area contributed by atoms with E-state index in [1.807, 2.05) is 36.4 Å². The molecule has 0 aliphatic rings. The number of rotatable bonds is 4. The average molecular weight is 218 g/mol. The van der Waals surface area contributed by atoms with E-state index in [2.05, 4.69) is 0 Å². The molecule has 0 aliphatic heterocycles. The fourth-order valence-electron chi connectivity index (χ4n) is 1.61. The van der Waals surface area contributed by atoms with Crippen LogP contribution in [-0.2, 0) is 4.74 Å². The summed E-state index contributed by atoms with van der Waals surface area (Å²) in [5.74, 6) is 1.56. The topological polar surface area (TPSA) is 27.7 Å². The van der Waals surface area contributed by atoms with Gasteiger partial charge in [0.25, 0.3) is 0 Å². The highest BCUT2D eigenvalue weighted by atomic mass is 16.7. The van der Waals surface area contributed by atoms with Crippen LogP contribution in [0.1, 0.15) is 0 Å². The minimum absolute atomic E-state index is 0.233. The number of benzene rings is 2. The van der Waals surface area contributed by atoms with Gasteiger partial charge in [-0.1, -0.05) is 24.3 Å². The lowest BCUT2D eigenvalue weighted by Gasteiger charge is -2.10. The molecule has 0 unspecified atom stereocenters. The molecule has 0 heterocycles. The summed E-state index contributed by atoms with van der Waals surface area (Å²) >= 11 is 0. The summed E-state index contributed by atoms with van der Waals surface area (Å²) in [5, 5.41) is 2.15. The molecule has 0 amide bonds. The summed E-state index contributed by atoms with van der Waals surface area (Å²) < 4.78 is 15.6. The fourth-order valence-corrected chi connectivity index (χ4v) is 1.61. The summed E-state index contributed by atoms with van der Waals surface area (Å²) in [6.45, 7) is 0.233. The van der Waals surface area contributed by atoms with E-state index in [9.17, 15) is 0 Å². The van der Waals surface area contributed by atoms with Crippen LogP contribution in [-0.4, -0.2) is 21.0 Å². The van der Waals surface area contributed by atoms with Crippen molar-refractivity contribution in [3.05, 3.63) is 36.4 Å². The predicted octanol–water partition coefficient (Wildman–Crippen LogP) is 2.83. The third-order valence-corrected chi connectivity index (χ3v) is 2.37. The van der Waals surface area contributed by atoms with Crippen LogP contribution in [0, 0.1) is 0 Å². The maximum atomic E-state index is 5.51. The number of ether oxygens (including phenoxy) is 3. The highest BCUT2D eigenvalue weighted by Gasteiger charge is 2.04. The average Bonchev–Trinajstić information content (AvgIpc) is 2.35. The SMILES string of the molecule is COCOc1cc(OC)cc2ccccc12. The Morgan fingerprint density at radius 1 is 1.06 bits per heavy atom. The van der Waals surface area contributed by atoms with Crippen LogP contribution in [0.3, 0.4) is 0 Å². The van der Waals surface area contributed by atoms with Crippen LogP contribution in [0.2, 0.25) is 0 Å². The zero-order valence-electron chi connectivity index (χ0n) is 9.40. The van der Waals surface area contributed by atoms with E-state index in [1.165, 1.54) is 0 Å². The highest BCUT2D eigenvalue weighted by Crippen LogP contribution is 2.30. The van der Waals surface area contributed by atoms with Crippen molar-refractivity contribution >= 4 is 10.8 Å². The molecule has 0 saturated carbocycles. The smallest absolute Gasteiger partial charge is 0.188 e. The molecule has 0 saturated heterocycles. The molecule has 0 fully saturated rings. The Labute approximate surface area is 94.5 Å². The van der Waals surface area contributed by atoms with Crippen molar-refractivity contribution in [1.29, 1.82) is 0 Å². The minimum atomic E-state index is 0.233. The second-order valence-corrected chi connectivity index (χ2v) is 3.40. The Balaban J connectivity index is 2.50. The van der Waals surface area contributed by atoms with E-state index in [0.717, 1.165) is 22.3 Å². The second kappa shape index (κ2) is 4.86. The van der Waals surface area contributed by atoms with Crippen LogP contribution in [0.25, 0.3) is 10.8 Å². The van der Waals surface area contributed by atoms with E-state index in [-0.39, 0.29) is 6.79 Å². The molecule has 0 N–H and O–H groups in total. The minimum Gasteiger partial charge on any atom is -0.497 e. The third-order valence-electron chi connectivity index (χ3n) is 2.37. The van der Waals surface area contributed by atoms with Crippen LogP contribution in [0.5, 0.6) is 11.5 Å². The number of hydrogen-bond acceptors (Lipinski definition) is 3. The number of fused-ring (bicyclic) bond motifs is 1. The van der Waals surface area contributed by atoms with Crippen molar-refractivity contribution in [3.63, 3.8) is 0 Å². The zero-order valence-corrected chi connectivity index (χ0v) is 9.40. The molecule has 0 aromatic heterocycles. The van der Waals surface area contributed by atoms with Gasteiger partial charge < -0.3 is 14.2 Å². The predicted molar refractivity (Wildman–Crippen MR) is 63.0 cm³/mol. The molecule has 2 aromatic carbocycles. The van der Waals surface area contributed by atoms with Gasteiger partial charge in [-0.25, -0.2) is 0 Å². The van der Waals surface area contributed by atoms with Crippen molar-refractivity contribution in [3.8, 4) is 11.5 Å². The molecule has 0 atom stereocenters. The number of hydrogen-bond donors (Lipinski definition) is 0. The van der Waals surface area contributed by atoms with Gasteiger partial charge in [-0.2, -0.15) is 0 Å². The van der Waals surface area contributed by atoms with Crippen molar-refractivity contribution in [2.75, 3.05) is 21.0 Å². The summed E-state index contributed by atoms with van der Waals surface area (Å²) in [4.78, 5) is 0. The van der Waals surface area contributed by atoms with Gasteiger partial charge in [-0.05, 0) is 11.5 Å². The first-order valence-corrected chi connectivity index (χ1v) is 5.03.